The van der Waals surface area contributed by atoms with E-state index in [0.717, 1.165) is 123 Å². The Hall–Kier alpha value is -11.7. The van der Waals surface area contributed by atoms with Gasteiger partial charge in [-0.2, -0.15) is 13.2 Å². The van der Waals surface area contributed by atoms with Crippen LogP contribution in [-0.4, -0.2) is 13.4 Å². The maximum absolute atomic E-state index is 18.3. The van der Waals surface area contributed by atoms with Crippen molar-refractivity contribution in [1.29, 1.82) is 0 Å². The van der Waals surface area contributed by atoms with E-state index in [1.807, 2.05) is 145 Å². The Morgan fingerprint density at radius 2 is 0.680 bits per heavy atom. The molecule has 0 atom stereocenters. The lowest BCUT2D eigenvalue weighted by atomic mass is 9.30. The molecule has 14 aromatic rings. The van der Waals surface area contributed by atoms with Gasteiger partial charge >= 0.3 is 6.18 Å². The quantitative estimate of drug-likeness (QED) is 0.119. The van der Waals surface area contributed by atoms with Crippen molar-refractivity contribution in [3.05, 3.63) is 345 Å². The molecule has 18 rings (SSSR count). The minimum Gasteiger partial charge on any atom is -0.311 e. The SMILES string of the molecule is Cc1ccccc1N1c2cc(N(c3ccccc3)c3ccccc3)cc3c2B(c2ccccc2N3c2ccccc2)c2cc3c(c(C(F)(F)F)c21)Sc1cc(N(c2ccc(-c4ccccc4)cc2)c2ccc(-c4ccccc4)cc2)cc2c1B3c1ccccc1N2c1ccccc1. The fourth-order valence-electron chi connectivity index (χ4n) is 15.4. The van der Waals surface area contributed by atoms with Crippen LogP contribution in [0.5, 0.6) is 0 Å². The Morgan fingerprint density at radius 1 is 0.309 bits per heavy atom. The first kappa shape index (κ1) is 58.0. The smallest absolute Gasteiger partial charge is 0.311 e. The summed E-state index contributed by atoms with van der Waals surface area (Å²) >= 11 is 1.25. The van der Waals surface area contributed by atoms with E-state index in [4.69, 9.17) is 0 Å². The zero-order chi connectivity index (χ0) is 64.9. The van der Waals surface area contributed by atoms with Crippen molar-refractivity contribution < 1.29 is 13.2 Å². The van der Waals surface area contributed by atoms with Gasteiger partial charge in [-0.05, 0) is 177 Å². The summed E-state index contributed by atoms with van der Waals surface area (Å²) in [6.45, 7) is 0.736. The summed E-state index contributed by atoms with van der Waals surface area (Å²) in [5.41, 5.74) is 21.5. The van der Waals surface area contributed by atoms with Crippen molar-refractivity contribution in [3.63, 3.8) is 0 Å². The molecule has 0 amide bonds. The second kappa shape index (κ2) is 23.4. The summed E-state index contributed by atoms with van der Waals surface area (Å²) in [4.78, 5) is 12.0. The number of hydrogen-bond acceptors (Lipinski definition) is 6. The zero-order valence-corrected chi connectivity index (χ0v) is 53.5. The van der Waals surface area contributed by atoms with Crippen molar-refractivity contribution >= 4 is 143 Å². The molecule has 0 saturated heterocycles. The van der Waals surface area contributed by atoms with Crippen LogP contribution in [0.2, 0.25) is 0 Å². The van der Waals surface area contributed by atoms with Gasteiger partial charge in [0.1, 0.15) is 0 Å². The van der Waals surface area contributed by atoms with Gasteiger partial charge in [-0.15, -0.1) is 0 Å². The van der Waals surface area contributed by atoms with Crippen molar-refractivity contribution in [1.82, 2.24) is 0 Å². The number of halogens is 3. The molecule has 97 heavy (non-hydrogen) atoms. The fraction of sp³-hybridized carbons (Fsp3) is 0.0233. The second-order valence-electron chi connectivity index (χ2n) is 25.1. The first-order chi connectivity index (χ1) is 47.7. The standard InChI is InChI=1S/C86H58B2F3N5S/c1-57-26-20-23-41-74(57)96-78-53-68(92(62-31-12-4-13-32-62)63-33-14-5-15-34-63)52-77-82(78)87(70-39-21-24-42-75(70)94(77)64-35-16-6-17-36-64)72-56-73-85(81(84(72)96)86(89,90)91)97-80-55-69(54-79-83(80)88(73)71-40-22-25-43-76(71)95(79)65-37-18-7-19-38-65)93(66-48-44-60(45-49-66)58-27-8-2-9-28-58)67-50-46-61(47-51-67)59-29-10-3-11-30-59/h2-56H,1H3. The molecule has 0 bridgehead atoms. The lowest BCUT2D eigenvalue weighted by Crippen LogP contribution is -2.65. The maximum Gasteiger partial charge on any atom is 0.419 e. The molecule has 0 saturated carbocycles. The number of hydrogen-bond donors (Lipinski definition) is 0. The summed E-state index contributed by atoms with van der Waals surface area (Å²) < 4.78 is 54.8. The largest absolute Gasteiger partial charge is 0.419 e. The predicted molar refractivity (Wildman–Crippen MR) is 400 cm³/mol. The van der Waals surface area contributed by atoms with Crippen molar-refractivity contribution in [2.75, 3.05) is 24.5 Å². The number of anilines is 15. The van der Waals surface area contributed by atoms with Crippen LogP contribution in [-0.2, 0) is 6.18 Å². The van der Waals surface area contributed by atoms with Crippen LogP contribution in [0.1, 0.15) is 11.1 Å². The van der Waals surface area contributed by atoms with Crippen LogP contribution in [0, 0.1) is 6.92 Å². The van der Waals surface area contributed by atoms with E-state index in [9.17, 15) is 0 Å². The maximum atomic E-state index is 18.3. The summed E-state index contributed by atoms with van der Waals surface area (Å²) in [7, 11) is 0. The molecule has 0 radical (unpaired) electrons. The van der Waals surface area contributed by atoms with Crippen LogP contribution in [0.3, 0.4) is 0 Å². The van der Waals surface area contributed by atoms with Gasteiger partial charge in [0, 0.05) is 83.7 Å². The Labute approximate surface area is 567 Å². The van der Waals surface area contributed by atoms with E-state index in [1.54, 1.807) is 0 Å². The van der Waals surface area contributed by atoms with E-state index in [2.05, 4.69) is 220 Å². The summed E-state index contributed by atoms with van der Waals surface area (Å²) in [6, 6.07) is 115. The first-order valence-corrected chi connectivity index (χ1v) is 33.6. The molecule has 11 heteroatoms. The molecule has 0 aromatic heterocycles. The average Bonchev–Trinajstić information content (AvgIpc) is 0.681. The molecule has 0 spiro atoms. The predicted octanol–water partition coefficient (Wildman–Crippen LogP) is 20.1. The molecule has 460 valence electrons. The molecule has 0 N–H and O–H groups in total. The highest BCUT2D eigenvalue weighted by atomic mass is 32.2. The molecule has 0 unspecified atom stereocenters. The van der Waals surface area contributed by atoms with E-state index in [-0.39, 0.29) is 10.6 Å². The molecule has 0 fully saturated rings. The van der Waals surface area contributed by atoms with Gasteiger partial charge in [-0.3, -0.25) is 0 Å². The normalized spacial score (nSPS) is 13.0. The second-order valence-corrected chi connectivity index (χ2v) is 26.1. The number of aryl methyl sites for hydroxylation is 1. The monoisotopic (exact) mass is 1270 g/mol. The molecule has 4 aliphatic heterocycles. The first-order valence-electron chi connectivity index (χ1n) is 32.8. The van der Waals surface area contributed by atoms with E-state index in [0.29, 0.717) is 22.3 Å². The number of alkyl halides is 3. The number of nitrogens with zero attached hydrogens (tertiary/aromatic N) is 5. The highest BCUT2D eigenvalue weighted by Crippen LogP contribution is 2.55. The van der Waals surface area contributed by atoms with E-state index in [1.165, 1.54) is 11.8 Å². The average molecular weight is 1270 g/mol. The third-order valence-electron chi connectivity index (χ3n) is 19.6. The summed E-state index contributed by atoms with van der Waals surface area (Å²) in [5.74, 6) is 0. The Kier molecular flexibility index (Phi) is 14.0. The Balaban J connectivity index is 0.929. The van der Waals surface area contributed by atoms with Crippen LogP contribution >= 0.6 is 11.8 Å². The highest BCUT2D eigenvalue weighted by molar-refractivity contribution is 8.00. The molecule has 4 heterocycles. The van der Waals surface area contributed by atoms with E-state index < -0.39 is 25.2 Å². The zero-order valence-electron chi connectivity index (χ0n) is 52.7. The van der Waals surface area contributed by atoms with Crippen LogP contribution in [0.25, 0.3) is 22.3 Å². The molecular weight excluding hydrogens is 1210 g/mol. The fourth-order valence-corrected chi connectivity index (χ4v) is 16.8. The van der Waals surface area contributed by atoms with Crippen molar-refractivity contribution in [3.8, 4) is 22.3 Å². The number of benzene rings is 14. The summed E-state index contributed by atoms with van der Waals surface area (Å²) in [5, 5.41) is 0. The minimum atomic E-state index is -4.89. The van der Waals surface area contributed by atoms with Gasteiger partial charge in [0.15, 0.2) is 0 Å². The number of rotatable bonds is 11. The van der Waals surface area contributed by atoms with Crippen LogP contribution in [0.15, 0.2) is 343 Å². The van der Waals surface area contributed by atoms with Crippen LogP contribution in [0.4, 0.5) is 98.5 Å². The summed E-state index contributed by atoms with van der Waals surface area (Å²) in [6.07, 6.45) is -4.89. The molecule has 4 aliphatic rings. The molecule has 0 aliphatic carbocycles. The number of para-hydroxylation sites is 7. The third kappa shape index (κ3) is 9.66. The van der Waals surface area contributed by atoms with Crippen LogP contribution < -0.4 is 57.3 Å². The van der Waals surface area contributed by atoms with Gasteiger partial charge in [-0.25, -0.2) is 0 Å². The molecule has 5 nitrogen and oxygen atoms in total. The van der Waals surface area contributed by atoms with Gasteiger partial charge in [-0.1, -0.05) is 236 Å². The van der Waals surface area contributed by atoms with E-state index >= 15 is 13.2 Å². The minimum absolute atomic E-state index is 0.121. The Morgan fingerprint density at radius 3 is 1.15 bits per heavy atom. The van der Waals surface area contributed by atoms with Gasteiger partial charge in [0.2, 0.25) is 6.71 Å². The van der Waals surface area contributed by atoms with Gasteiger partial charge in [0.05, 0.1) is 16.9 Å². The third-order valence-corrected chi connectivity index (χ3v) is 20.8. The highest BCUT2D eigenvalue weighted by Gasteiger charge is 2.53. The topological polar surface area (TPSA) is 16.2 Å². The van der Waals surface area contributed by atoms with Gasteiger partial charge < -0.3 is 24.5 Å². The van der Waals surface area contributed by atoms with Gasteiger partial charge in [0.25, 0.3) is 6.71 Å². The van der Waals surface area contributed by atoms with Crippen molar-refractivity contribution in [2.45, 2.75) is 22.9 Å². The number of fused-ring (bicyclic) bond motifs is 8. The molecular formula is C86H58B2F3N5S. The Bertz CT molecular complexity index is 5220. The molecule has 14 aromatic carbocycles. The lowest BCUT2D eigenvalue weighted by Gasteiger charge is -2.47. The lowest BCUT2D eigenvalue weighted by molar-refractivity contribution is -0.139. The van der Waals surface area contributed by atoms with Crippen molar-refractivity contribution in [2.24, 2.45) is 0 Å².